The molecule has 1 unspecified atom stereocenters. The van der Waals surface area contributed by atoms with Crippen molar-refractivity contribution in [2.45, 2.75) is 79.1 Å². The Kier molecular flexibility index (Phi) is 4.81. The molecule has 2 fully saturated rings. The van der Waals surface area contributed by atoms with Gasteiger partial charge in [0.15, 0.2) is 0 Å². The average molecular weight is 279 g/mol. The fourth-order valence-electron chi connectivity index (χ4n) is 4.06. The Morgan fingerprint density at radius 3 is 2.45 bits per heavy atom. The largest absolute Gasteiger partial charge is 0.342 e. The van der Waals surface area contributed by atoms with Gasteiger partial charge < -0.3 is 4.90 Å². The van der Waals surface area contributed by atoms with E-state index < -0.39 is 0 Å². The van der Waals surface area contributed by atoms with Crippen molar-refractivity contribution in [3.05, 3.63) is 0 Å². The molecule has 2 nitrogen and oxygen atoms in total. The van der Waals surface area contributed by atoms with E-state index in [0.29, 0.717) is 11.3 Å². The van der Waals surface area contributed by atoms with E-state index in [-0.39, 0.29) is 5.41 Å². The van der Waals surface area contributed by atoms with Gasteiger partial charge >= 0.3 is 0 Å². The molecule has 0 radical (unpaired) electrons. The van der Waals surface area contributed by atoms with Gasteiger partial charge in [-0.05, 0) is 42.4 Å². The molecule has 1 heterocycles. The Morgan fingerprint density at radius 1 is 1.25 bits per heavy atom. The van der Waals surface area contributed by atoms with E-state index in [1.165, 1.54) is 44.9 Å². The third kappa shape index (κ3) is 3.56. The maximum atomic E-state index is 12.6. The zero-order valence-corrected chi connectivity index (χ0v) is 14.0. The van der Waals surface area contributed by atoms with Crippen LogP contribution in [0.3, 0.4) is 0 Å². The first-order chi connectivity index (χ1) is 9.36. The van der Waals surface area contributed by atoms with Gasteiger partial charge in [0.25, 0.3) is 0 Å². The molecule has 0 spiro atoms. The summed E-state index contributed by atoms with van der Waals surface area (Å²) >= 11 is 0. The monoisotopic (exact) mass is 279 g/mol. The highest BCUT2D eigenvalue weighted by Gasteiger charge is 2.38. The normalized spacial score (nSPS) is 28.9. The first-order valence-corrected chi connectivity index (χ1v) is 8.64. The van der Waals surface area contributed by atoms with Gasteiger partial charge in [-0.3, -0.25) is 4.79 Å². The summed E-state index contributed by atoms with van der Waals surface area (Å²) in [4.78, 5) is 14.8. The van der Waals surface area contributed by atoms with Crippen LogP contribution in [0.1, 0.15) is 79.1 Å². The predicted octanol–water partition coefficient (Wildman–Crippen LogP) is 4.63. The minimum absolute atomic E-state index is 0.183. The van der Waals surface area contributed by atoms with Gasteiger partial charge in [-0.1, -0.05) is 47.0 Å². The van der Waals surface area contributed by atoms with Gasteiger partial charge in [0, 0.05) is 19.5 Å². The van der Waals surface area contributed by atoms with Crippen LogP contribution in [-0.4, -0.2) is 23.9 Å². The number of rotatable bonds is 4. The van der Waals surface area contributed by atoms with Crippen LogP contribution < -0.4 is 0 Å². The highest BCUT2D eigenvalue weighted by atomic mass is 16.2. The molecule has 0 bridgehead atoms. The second kappa shape index (κ2) is 6.07. The Bertz CT molecular complexity index is 343. The Balaban J connectivity index is 1.90. The molecular formula is C18H33NO. The summed E-state index contributed by atoms with van der Waals surface area (Å²) < 4.78 is 0. The van der Waals surface area contributed by atoms with E-state index in [9.17, 15) is 4.79 Å². The fourth-order valence-corrected chi connectivity index (χ4v) is 4.06. The molecule has 116 valence electrons. The maximum Gasteiger partial charge on any atom is 0.223 e. The van der Waals surface area contributed by atoms with E-state index in [2.05, 4.69) is 32.6 Å². The number of nitrogens with zero attached hydrogens (tertiary/aromatic N) is 1. The molecule has 0 aromatic rings. The lowest BCUT2D eigenvalue weighted by Crippen LogP contribution is -2.37. The summed E-state index contributed by atoms with van der Waals surface area (Å²) in [5.74, 6) is 1.15. The molecule has 1 atom stereocenters. The molecular weight excluding hydrogens is 246 g/mol. The van der Waals surface area contributed by atoms with Crippen LogP contribution in [0.15, 0.2) is 0 Å². The molecule has 1 aliphatic heterocycles. The third-order valence-electron chi connectivity index (χ3n) is 6.08. The van der Waals surface area contributed by atoms with Crippen LogP contribution in [-0.2, 0) is 4.79 Å². The first kappa shape index (κ1) is 15.9. The third-order valence-corrected chi connectivity index (χ3v) is 6.08. The summed E-state index contributed by atoms with van der Waals surface area (Å²) in [6.45, 7) is 11.2. The lowest BCUT2D eigenvalue weighted by molar-refractivity contribution is -0.133. The van der Waals surface area contributed by atoms with Crippen LogP contribution in [0.5, 0.6) is 0 Å². The molecule has 2 aliphatic rings. The van der Waals surface area contributed by atoms with Gasteiger partial charge in [0.1, 0.15) is 0 Å². The highest BCUT2D eigenvalue weighted by molar-refractivity contribution is 5.77. The number of hydrogen-bond donors (Lipinski definition) is 0. The number of carbonyl (C=O) groups is 1. The van der Waals surface area contributed by atoms with Crippen molar-refractivity contribution in [2.24, 2.45) is 16.7 Å². The average Bonchev–Trinajstić information content (AvgIpc) is 2.83. The Hall–Kier alpha value is -0.530. The van der Waals surface area contributed by atoms with Gasteiger partial charge in [0.2, 0.25) is 5.91 Å². The van der Waals surface area contributed by atoms with Crippen molar-refractivity contribution in [1.82, 2.24) is 4.90 Å². The van der Waals surface area contributed by atoms with Gasteiger partial charge in [-0.15, -0.1) is 0 Å². The zero-order chi connectivity index (χ0) is 14.8. The summed E-state index contributed by atoms with van der Waals surface area (Å²) in [7, 11) is 0. The summed E-state index contributed by atoms with van der Waals surface area (Å²) in [5.41, 5.74) is 0.549. The van der Waals surface area contributed by atoms with Crippen molar-refractivity contribution >= 4 is 5.91 Å². The molecule has 1 aliphatic carbocycles. The van der Waals surface area contributed by atoms with E-state index in [1.807, 2.05) is 0 Å². The van der Waals surface area contributed by atoms with Crippen molar-refractivity contribution < 1.29 is 4.79 Å². The quantitative estimate of drug-likeness (QED) is 0.734. The van der Waals surface area contributed by atoms with E-state index in [4.69, 9.17) is 0 Å². The maximum absolute atomic E-state index is 12.6. The Labute approximate surface area is 125 Å². The fraction of sp³-hybridized carbons (Fsp3) is 0.944. The molecule has 2 rings (SSSR count). The summed E-state index contributed by atoms with van der Waals surface area (Å²) in [5, 5.41) is 0. The number of hydrogen-bond acceptors (Lipinski definition) is 1. The summed E-state index contributed by atoms with van der Waals surface area (Å²) in [6.07, 6.45) is 9.88. The minimum atomic E-state index is 0.183. The molecule has 0 aromatic heterocycles. The van der Waals surface area contributed by atoms with E-state index in [1.54, 1.807) is 0 Å². The minimum Gasteiger partial charge on any atom is -0.342 e. The standard InChI is InChI=1S/C18H33NO/c1-5-18(4)11-12-19(14-18)16(20)13-17(2,3)15-9-7-6-8-10-15/h15H,5-14H2,1-4H3. The van der Waals surface area contributed by atoms with Crippen molar-refractivity contribution in [2.75, 3.05) is 13.1 Å². The number of carbonyl (C=O) groups excluding carboxylic acids is 1. The first-order valence-electron chi connectivity index (χ1n) is 8.64. The predicted molar refractivity (Wildman–Crippen MR) is 84.6 cm³/mol. The lowest BCUT2D eigenvalue weighted by atomic mass is 9.69. The van der Waals surface area contributed by atoms with Crippen LogP contribution in [0, 0.1) is 16.7 Å². The molecule has 1 saturated carbocycles. The topological polar surface area (TPSA) is 20.3 Å². The zero-order valence-electron chi connectivity index (χ0n) is 14.0. The van der Waals surface area contributed by atoms with Crippen LogP contribution >= 0.6 is 0 Å². The number of likely N-dealkylation sites (tertiary alicyclic amines) is 1. The number of amides is 1. The van der Waals surface area contributed by atoms with Crippen LogP contribution in [0.4, 0.5) is 0 Å². The van der Waals surface area contributed by atoms with E-state index >= 15 is 0 Å². The highest BCUT2D eigenvalue weighted by Crippen LogP contribution is 2.42. The molecule has 20 heavy (non-hydrogen) atoms. The van der Waals surface area contributed by atoms with Crippen LogP contribution in [0.25, 0.3) is 0 Å². The van der Waals surface area contributed by atoms with Crippen LogP contribution in [0.2, 0.25) is 0 Å². The molecule has 2 heteroatoms. The lowest BCUT2D eigenvalue weighted by Gasteiger charge is -2.37. The second-order valence-corrected chi connectivity index (χ2v) is 8.23. The Morgan fingerprint density at radius 2 is 1.90 bits per heavy atom. The second-order valence-electron chi connectivity index (χ2n) is 8.23. The smallest absolute Gasteiger partial charge is 0.223 e. The molecule has 1 amide bonds. The van der Waals surface area contributed by atoms with Crippen molar-refractivity contribution in [3.8, 4) is 0 Å². The summed E-state index contributed by atoms with van der Waals surface area (Å²) in [6, 6.07) is 0. The molecule has 0 N–H and O–H groups in total. The van der Waals surface area contributed by atoms with E-state index in [0.717, 1.165) is 25.4 Å². The SMILES string of the molecule is CCC1(C)CCN(C(=O)CC(C)(C)C2CCCCC2)C1. The molecule has 1 saturated heterocycles. The molecule has 0 aromatic carbocycles. The van der Waals surface area contributed by atoms with Gasteiger partial charge in [-0.25, -0.2) is 0 Å². The van der Waals surface area contributed by atoms with Crippen molar-refractivity contribution in [1.29, 1.82) is 0 Å². The van der Waals surface area contributed by atoms with Crippen molar-refractivity contribution in [3.63, 3.8) is 0 Å². The van der Waals surface area contributed by atoms with Gasteiger partial charge in [0.05, 0.1) is 0 Å². The van der Waals surface area contributed by atoms with Gasteiger partial charge in [-0.2, -0.15) is 0 Å².